The maximum atomic E-state index is 12.0. The fraction of sp³-hybridized carbons (Fsp3) is 0.0769. The van der Waals surface area contributed by atoms with E-state index in [1.807, 2.05) is 0 Å². The number of hydrogen-bond donors (Lipinski definition) is 2. The molecule has 21 heavy (non-hydrogen) atoms. The third-order valence-electron chi connectivity index (χ3n) is 2.91. The predicted molar refractivity (Wildman–Crippen MR) is 77.7 cm³/mol. The summed E-state index contributed by atoms with van der Waals surface area (Å²) in [7, 11) is 1.67. The number of aryl methyl sites for hydroxylation is 1. The van der Waals surface area contributed by atoms with Gasteiger partial charge in [-0.3, -0.25) is 14.8 Å². The average molecular weight is 302 g/mol. The average Bonchev–Trinajstić information content (AvgIpc) is 3.02. The topological polar surface area (TPSA) is 97.1 Å². The van der Waals surface area contributed by atoms with Gasteiger partial charge in [-0.05, 0) is 24.3 Å². The van der Waals surface area contributed by atoms with Gasteiger partial charge in [-0.15, -0.1) is 0 Å². The SMILES string of the molecule is Cn1nccc1C(=O)Nc1nc2ccc(C(=O)O)cc2s1. The highest BCUT2D eigenvalue weighted by Gasteiger charge is 2.13. The number of aromatic nitrogens is 3. The number of carboxylic acid groups (broad SMARTS) is 1. The van der Waals surface area contributed by atoms with Gasteiger partial charge in [0.25, 0.3) is 5.91 Å². The van der Waals surface area contributed by atoms with Crippen molar-refractivity contribution in [2.45, 2.75) is 0 Å². The summed E-state index contributed by atoms with van der Waals surface area (Å²) in [6.07, 6.45) is 1.53. The highest BCUT2D eigenvalue weighted by molar-refractivity contribution is 7.22. The van der Waals surface area contributed by atoms with Crippen LogP contribution in [0, 0.1) is 0 Å². The summed E-state index contributed by atoms with van der Waals surface area (Å²) in [5.74, 6) is -1.31. The van der Waals surface area contributed by atoms with Crippen LogP contribution >= 0.6 is 11.3 Å². The zero-order valence-corrected chi connectivity index (χ0v) is 11.7. The van der Waals surface area contributed by atoms with Crippen molar-refractivity contribution < 1.29 is 14.7 Å². The van der Waals surface area contributed by atoms with Crippen LogP contribution in [0.3, 0.4) is 0 Å². The lowest BCUT2D eigenvalue weighted by molar-refractivity contribution is 0.0697. The molecule has 2 heterocycles. The molecule has 0 aliphatic heterocycles. The summed E-state index contributed by atoms with van der Waals surface area (Å²) < 4.78 is 2.17. The molecule has 0 fully saturated rings. The van der Waals surface area contributed by atoms with Crippen molar-refractivity contribution in [1.82, 2.24) is 14.8 Å². The van der Waals surface area contributed by atoms with Crippen molar-refractivity contribution >= 4 is 38.6 Å². The van der Waals surface area contributed by atoms with E-state index in [1.54, 1.807) is 19.2 Å². The van der Waals surface area contributed by atoms with E-state index in [-0.39, 0.29) is 11.5 Å². The van der Waals surface area contributed by atoms with Gasteiger partial charge in [0.15, 0.2) is 5.13 Å². The smallest absolute Gasteiger partial charge is 0.335 e. The number of nitrogens with one attached hydrogen (secondary N) is 1. The molecule has 2 N–H and O–H groups in total. The third-order valence-corrected chi connectivity index (χ3v) is 3.84. The number of nitrogens with zero attached hydrogens (tertiary/aromatic N) is 3. The molecule has 2 aromatic heterocycles. The molecule has 0 aliphatic carbocycles. The molecular weight excluding hydrogens is 292 g/mol. The Morgan fingerprint density at radius 3 is 2.81 bits per heavy atom. The number of fused-ring (bicyclic) bond motifs is 1. The van der Waals surface area contributed by atoms with E-state index >= 15 is 0 Å². The number of carbonyl (C=O) groups excluding carboxylic acids is 1. The predicted octanol–water partition coefficient (Wildman–Crippen LogP) is 1.98. The van der Waals surface area contributed by atoms with Crippen molar-refractivity contribution in [3.63, 3.8) is 0 Å². The van der Waals surface area contributed by atoms with Gasteiger partial charge in [0, 0.05) is 13.2 Å². The van der Waals surface area contributed by atoms with Crippen LogP contribution in [0.5, 0.6) is 0 Å². The third kappa shape index (κ3) is 2.48. The van der Waals surface area contributed by atoms with E-state index < -0.39 is 5.97 Å². The molecule has 0 unspecified atom stereocenters. The number of amides is 1. The molecule has 0 radical (unpaired) electrons. The number of carboxylic acids is 1. The standard InChI is InChI=1S/C13H10N4O3S/c1-17-9(4-5-14-17)11(18)16-13-15-8-3-2-7(12(19)20)6-10(8)21-13/h2-6H,1H3,(H,19,20)(H,15,16,18). The molecule has 0 spiro atoms. The Labute approximate surface area is 122 Å². The van der Waals surface area contributed by atoms with Crippen LogP contribution in [0.1, 0.15) is 20.8 Å². The van der Waals surface area contributed by atoms with E-state index in [4.69, 9.17) is 5.11 Å². The number of thiazole rings is 1. The normalized spacial score (nSPS) is 10.7. The Bertz CT molecular complexity index is 852. The van der Waals surface area contributed by atoms with Gasteiger partial charge in [-0.25, -0.2) is 9.78 Å². The minimum absolute atomic E-state index is 0.190. The summed E-state index contributed by atoms with van der Waals surface area (Å²) in [5, 5.41) is 16.0. The summed E-state index contributed by atoms with van der Waals surface area (Å²) in [5.41, 5.74) is 1.25. The molecule has 0 atom stereocenters. The lowest BCUT2D eigenvalue weighted by atomic mass is 10.2. The van der Waals surface area contributed by atoms with E-state index in [1.165, 1.54) is 34.3 Å². The maximum absolute atomic E-state index is 12.0. The first-order chi connectivity index (χ1) is 10.0. The van der Waals surface area contributed by atoms with Crippen molar-refractivity contribution in [3.8, 4) is 0 Å². The molecule has 7 nitrogen and oxygen atoms in total. The van der Waals surface area contributed by atoms with Gasteiger partial charge in [0.2, 0.25) is 0 Å². The van der Waals surface area contributed by atoms with Crippen LogP contribution in [-0.2, 0) is 7.05 Å². The number of benzene rings is 1. The van der Waals surface area contributed by atoms with Crippen LogP contribution in [0.25, 0.3) is 10.2 Å². The van der Waals surface area contributed by atoms with Gasteiger partial charge in [-0.2, -0.15) is 5.10 Å². The Morgan fingerprint density at radius 2 is 2.14 bits per heavy atom. The molecule has 1 aromatic carbocycles. The lowest BCUT2D eigenvalue weighted by Gasteiger charge is -2.00. The molecule has 1 amide bonds. The van der Waals surface area contributed by atoms with Crippen molar-refractivity contribution in [3.05, 3.63) is 41.7 Å². The molecule has 3 rings (SSSR count). The number of carbonyl (C=O) groups is 2. The van der Waals surface area contributed by atoms with Gasteiger partial charge >= 0.3 is 5.97 Å². The van der Waals surface area contributed by atoms with Crippen molar-refractivity contribution in [2.75, 3.05) is 5.32 Å². The zero-order chi connectivity index (χ0) is 15.0. The summed E-state index contributed by atoms with van der Waals surface area (Å²) in [6, 6.07) is 6.24. The van der Waals surface area contributed by atoms with Gasteiger partial charge in [-0.1, -0.05) is 11.3 Å². The lowest BCUT2D eigenvalue weighted by Crippen LogP contribution is -2.15. The maximum Gasteiger partial charge on any atom is 0.335 e. The van der Waals surface area contributed by atoms with Gasteiger partial charge in [0.05, 0.1) is 15.8 Å². The first-order valence-corrected chi connectivity index (χ1v) is 6.79. The van der Waals surface area contributed by atoms with Crippen molar-refractivity contribution in [2.24, 2.45) is 7.05 Å². The second-order valence-corrected chi connectivity index (χ2v) is 5.33. The van der Waals surface area contributed by atoms with Crippen molar-refractivity contribution in [1.29, 1.82) is 0 Å². The monoisotopic (exact) mass is 302 g/mol. The van der Waals surface area contributed by atoms with Crippen LogP contribution in [0.15, 0.2) is 30.5 Å². The molecule has 106 valence electrons. The number of anilines is 1. The van der Waals surface area contributed by atoms with Gasteiger partial charge < -0.3 is 5.11 Å². The minimum atomic E-state index is -0.995. The highest BCUT2D eigenvalue weighted by Crippen LogP contribution is 2.27. The number of rotatable bonds is 3. The zero-order valence-electron chi connectivity index (χ0n) is 10.9. The van der Waals surface area contributed by atoms with E-state index in [0.29, 0.717) is 21.0 Å². The highest BCUT2D eigenvalue weighted by atomic mass is 32.1. The summed E-state index contributed by atoms with van der Waals surface area (Å²) in [4.78, 5) is 27.2. The van der Waals surface area contributed by atoms with Crippen LogP contribution in [-0.4, -0.2) is 31.7 Å². The number of hydrogen-bond acceptors (Lipinski definition) is 5. The second-order valence-electron chi connectivity index (χ2n) is 4.30. The number of aromatic carboxylic acids is 1. The molecule has 0 aliphatic rings. The van der Waals surface area contributed by atoms with E-state index in [9.17, 15) is 9.59 Å². The van der Waals surface area contributed by atoms with Crippen LogP contribution in [0.4, 0.5) is 5.13 Å². The first kappa shape index (κ1) is 13.3. The fourth-order valence-corrected chi connectivity index (χ4v) is 2.77. The fourth-order valence-electron chi connectivity index (χ4n) is 1.87. The first-order valence-electron chi connectivity index (χ1n) is 5.98. The Balaban J connectivity index is 1.89. The Morgan fingerprint density at radius 1 is 1.33 bits per heavy atom. The summed E-state index contributed by atoms with van der Waals surface area (Å²) >= 11 is 1.22. The van der Waals surface area contributed by atoms with Crippen LogP contribution < -0.4 is 5.32 Å². The molecule has 3 aromatic rings. The minimum Gasteiger partial charge on any atom is -0.478 e. The van der Waals surface area contributed by atoms with Crippen LogP contribution in [0.2, 0.25) is 0 Å². The second kappa shape index (κ2) is 4.98. The summed E-state index contributed by atoms with van der Waals surface area (Å²) in [6.45, 7) is 0. The Hall–Kier alpha value is -2.74. The largest absolute Gasteiger partial charge is 0.478 e. The molecule has 0 saturated carbocycles. The molecule has 8 heteroatoms. The van der Waals surface area contributed by atoms with Gasteiger partial charge in [0.1, 0.15) is 5.69 Å². The Kier molecular flexibility index (Phi) is 3.15. The molecule has 0 bridgehead atoms. The van der Waals surface area contributed by atoms with E-state index in [0.717, 1.165) is 0 Å². The van der Waals surface area contributed by atoms with E-state index in [2.05, 4.69) is 15.4 Å². The quantitative estimate of drug-likeness (QED) is 0.771. The molecule has 0 saturated heterocycles. The molecular formula is C13H10N4O3S.